The maximum atomic E-state index is 13.2. The van der Waals surface area contributed by atoms with Crippen LogP contribution in [0.3, 0.4) is 0 Å². The van der Waals surface area contributed by atoms with Crippen LogP contribution in [0.25, 0.3) is 5.69 Å². The first-order chi connectivity index (χ1) is 13.5. The van der Waals surface area contributed by atoms with Gasteiger partial charge in [0.2, 0.25) is 5.89 Å². The first kappa shape index (κ1) is 17.9. The van der Waals surface area contributed by atoms with Gasteiger partial charge in [-0.15, -0.1) is 0 Å². The summed E-state index contributed by atoms with van der Waals surface area (Å²) in [6.45, 7) is 2.76. The molecule has 0 saturated carbocycles. The van der Waals surface area contributed by atoms with Crippen molar-refractivity contribution in [2.75, 3.05) is 13.1 Å². The molecule has 3 aromatic rings. The van der Waals surface area contributed by atoms with E-state index in [4.69, 9.17) is 4.52 Å². The van der Waals surface area contributed by atoms with E-state index in [0.29, 0.717) is 30.5 Å². The van der Waals surface area contributed by atoms with E-state index >= 15 is 0 Å². The minimum absolute atomic E-state index is 0.0362. The lowest BCUT2D eigenvalue weighted by molar-refractivity contribution is 0.0681. The number of benzene rings is 1. The van der Waals surface area contributed by atoms with E-state index in [-0.39, 0.29) is 23.2 Å². The number of piperidine rings is 1. The third-order valence-corrected chi connectivity index (χ3v) is 4.75. The number of nitrogens with zero attached hydrogens (tertiary/aromatic N) is 5. The molecule has 1 N–H and O–H groups in total. The summed E-state index contributed by atoms with van der Waals surface area (Å²) in [5, 5.41) is 17.3. The highest BCUT2D eigenvalue weighted by atomic mass is 16.5. The molecule has 0 aliphatic carbocycles. The van der Waals surface area contributed by atoms with Crippen LogP contribution in [0.15, 0.2) is 40.9 Å². The predicted octanol–water partition coefficient (Wildman–Crippen LogP) is 2.28. The number of aromatic carboxylic acids is 1. The van der Waals surface area contributed by atoms with E-state index in [1.807, 2.05) is 6.07 Å². The summed E-state index contributed by atoms with van der Waals surface area (Å²) in [5.41, 5.74) is 0.665. The topological polar surface area (TPSA) is 114 Å². The molecular weight excluding hydrogens is 362 g/mol. The number of rotatable bonds is 4. The van der Waals surface area contributed by atoms with E-state index in [9.17, 15) is 14.7 Å². The first-order valence-electron chi connectivity index (χ1n) is 9.01. The Hall–Kier alpha value is -3.49. The van der Waals surface area contributed by atoms with Gasteiger partial charge in [-0.3, -0.25) is 4.79 Å². The Bertz CT molecular complexity index is 1010. The van der Waals surface area contributed by atoms with E-state index < -0.39 is 5.97 Å². The maximum Gasteiger partial charge on any atom is 0.356 e. The second-order valence-electron chi connectivity index (χ2n) is 6.74. The van der Waals surface area contributed by atoms with Crippen LogP contribution in [0, 0.1) is 6.92 Å². The lowest BCUT2D eigenvalue weighted by Crippen LogP contribution is -2.40. The zero-order valence-electron chi connectivity index (χ0n) is 15.3. The van der Waals surface area contributed by atoms with Gasteiger partial charge < -0.3 is 14.5 Å². The van der Waals surface area contributed by atoms with Gasteiger partial charge in [0.1, 0.15) is 5.69 Å². The molecule has 1 amide bonds. The summed E-state index contributed by atoms with van der Waals surface area (Å²) < 4.78 is 6.65. The molecule has 9 heteroatoms. The molecule has 3 heterocycles. The van der Waals surface area contributed by atoms with Crippen LogP contribution in [0.1, 0.15) is 51.5 Å². The molecule has 1 aliphatic heterocycles. The number of para-hydroxylation sites is 1. The smallest absolute Gasteiger partial charge is 0.356 e. The zero-order valence-corrected chi connectivity index (χ0v) is 15.3. The van der Waals surface area contributed by atoms with Gasteiger partial charge >= 0.3 is 5.97 Å². The van der Waals surface area contributed by atoms with Crippen molar-refractivity contribution < 1.29 is 19.2 Å². The molecule has 1 atom stereocenters. The minimum atomic E-state index is -1.18. The van der Waals surface area contributed by atoms with Crippen LogP contribution in [-0.2, 0) is 0 Å². The summed E-state index contributed by atoms with van der Waals surface area (Å²) in [5.74, 6) is -0.401. The normalized spacial score (nSPS) is 16.9. The number of carboxylic acid groups (broad SMARTS) is 1. The molecule has 9 nitrogen and oxygen atoms in total. The lowest BCUT2D eigenvalue weighted by Gasteiger charge is -2.31. The molecule has 0 bridgehead atoms. The molecule has 4 rings (SSSR count). The number of carboxylic acids is 1. The van der Waals surface area contributed by atoms with E-state index in [0.717, 1.165) is 12.8 Å². The van der Waals surface area contributed by atoms with E-state index in [1.54, 1.807) is 36.1 Å². The van der Waals surface area contributed by atoms with Gasteiger partial charge in [-0.05, 0) is 31.9 Å². The van der Waals surface area contributed by atoms with Crippen molar-refractivity contribution in [1.29, 1.82) is 0 Å². The third-order valence-electron chi connectivity index (χ3n) is 4.75. The Morgan fingerprint density at radius 2 is 2.04 bits per heavy atom. The fraction of sp³-hybridized carbons (Fsp3) is 0.316. The maximum absolute atomic E-state index is 13.2. The SMILES string of the molecule is Cc1noc([C@@H]2CCCN(C(=O)c3cc(C(=O)O)nn3-c3ccccc3)C2)n1. The van der Waals surface area contributed by atoms with Crippen molar-refractivity contribution in [1.82, 2.24) is 24.8 Å². The Morgan fingerprint density at radius 1 is 1.25 bits per heavy atom. The number of hydrogen-bond acceptors (Lipinski definition) is 6. The highest BCUT2D eigenvalue weighted by molar-refractivity contribution is 5.96. The number of carbonyl (C=O) groups is 2. The lowest BCUT2D eigenvalue weighted by atomic mass is 9.97. The average molecular weight is 381 g/mol. The van der Waals surface area contributed by atoms with Crippen LogP contribution >= 0.6 is 0 Å². The summed E-state index contributed by atoms with van der Waals surface area (Å²) >= 11 is 0. The van der Waals surface area contributed by atoms with Gasteiger partial charge in [0.05, 0.1) is 11.6 Å². The van der Waals surface area contributed by atoms with Gasteiger partial charge in [-0.2, -0.15) is 10.1 Å². The molecule has 1 fully saturated rings. The van der Waals surface area contributed by atoms with Crippen molar-refractivity contribution >= 4 is 11.9 Å². The van der Waals surface area contributed by atoms with E-state index in [2.05, 4.69) is 15.2 Å². The summed E-state index contributed by atoms with van der Waals surface area (Å²) in [6, 6.07) is 10.3. The standard InChI is InChI=1S/C19H19N5O4/c1-12-20-17(28-22-12)13-6-5-9-23(11-13)18(25)16-10-15(19(26)27)21-24(16)14-7-3-2-4-8-14/h2-4,7-8,10,13H,5-6,9,11H2,1H3,(H,26,27)/t13-/m1/s1. The molecule has 0 unspecified atom stereocenters. The molecule has 144 valence electrons. The quantitative estimate of drug-likeness (QED) is 0.737. The summed E-state index contributed by atoms with van der Waals surface area (Å²) in [4.78, 5) is 30.6. The minimum Gasteiger partial charge on any atom is -0.476 e. The molecule has 28 heavy (non-hydrogen) atoms. The average Bonchev–Trinajstić information content (AvgIpc) is 3.35. The highest BCUT2D eigenvalue weighted by Crippen LogP contribution is 2.27. The highest BCUT2D eigenvalue weighted by Gasteiger charge is 2.31. The van der Waals surface area contributed by atoms with Gasteiger partial charge in [-0.25, -0.2) is 9.48 Å². The number of aromatic nitrogens is 4. The van der Waals surface area contributed by atoms with Gasteiger partial charge in [-0.1, -0.05) is 23.4 Å². The Kier molecular flexibility index (Phi) is 4.64. The second kappa shape index (κ2) is 7.26. The van der Waals surface area contributed by atoms with Crippen LogP contribution in [0.2, 0.25) is 0 Å². The van der Waals surface area contributed by atoms with Crippen LogP contribution in [0.5, 0.6) is 0 Å². The Balaban J connectivity index is 1.64. The molecule has 2 aromatic heterocycles. The van der Waals surface area contributed by atoms with Crippen molar-refractivity contribution in [3.05, 3.63) is 59.5 Å². The predicted molar refractivity (Wildman–Crippen MR) is 97.4 cm³/mol. The number of hydrogen-bond donors (Lipinski definition) is 1. The summed E-state index contributed by atoms with van der Waals surface area (Å²) in [6.07, 6.45) is 1.65. The zero-order chi connectivity index (χ0) is 19.7. The van der Waals surface area contributed by atoms with Crippen molar-refractivity contribution in [2.24, 2.45) is 0 Å². The molecule has 1 saturated heterocycles. The fourth-order valence-corrected chi connectivity index (χ4v) is 3.41. The van der Waals surface area contributed by atoms with Crippen LogP contribution in [-0.4, -0.2) is 54.9 Å². The Morgan fingerprint density at radius 3 is 2.71 bits per heavy atom. The van der Waals surface area contributed by atoms with Crippen molar-refractivity contribution in [2.45, 2.75) is 25.7 Å². The largest absolute Gasteiger partial charge is 0.476 e. The molecule has 1 aliphatic rings. The van der Waals surface area contributed by atoms with Gasteiger partial charge in [0, 0.05) is 19.2 Å². The number of likely N-dealkylation sites (tertiary alicyclic amines) is 1. The molecule has 1 aromatic carbocycles. The van der Waals surface area contributed by atoms with Gasteiger partial charge in [0.25, 0.3) is 5.91 Å². The van der Waals surface area contributed by atoms with Crippen LogP contribution < -0.4 is 0 Å². The molecule has 0 spiro atoms. The third kappa shape index (κ3) is 3.38. The first-order valence-corrected chi connectivity index (χ1v) is 9.01. The van der Waals surface area contributed by atoms with Crippen LogP contribution in [0.4, 0.5) is 0 Å². The summed E-state index contributed by atoms with van der Waals surface area (Å²) in [7, 11) is 0. The van der Waals surface area contributed by atoms with Gasteiger partial charge in [0.15, 0.2) is 11.5 Å². The van der Waals surface area contributed by atoms with E-state index in [1.165, 1.54) is 10.7 Å². The number of carbonyl (C=O) groups excluding carboxylic acids is 1. The van der Waals surface area contributed by atoms with Crippen molar-refractivity contribution in [3.63, 3.8) is 0 Å². The number of amides is 1. The number of aryl methyl sites for hydroxylation is 1. The monoisotopic (exact) mass is 381 g/mol. The van der Waals surface area contributed by atoms with Crippen molar-refractivity contribution in [3.8, 4) is 5.69 Å². The Labute approximate surface area is 160 Å². The second-order valence-corrected chi connectivity index (χ2v) is 6.74. The molecular formula is C19H19N5O4. The molecule has 0 radical (unpaired) electrons. The fourth-order valence-electron chi connectivity index (χ4n) is 3.41.